The summed E-state index contributed by atoms with van der Waals surface area (Å²) in [4.78, 5) is 2.28. The maximum Gasteiger partial charge on any atom is 0.123 e. The third kappa shape index (κ3) is 6.90. The third-order valence-corrected chi connectivity index (χ3v) is 5.92. The highest BCUT2D eigenvalue weighted by molar-refractivity contribution is 5.33. The van der Waals surface area contributed by atoms with E-state index < -0.39 is 0 Å². The molecule has 0 spiro atoms. The summed E-state index contributed by atoms with van der Waals surface area (Å²) < 4.78 is 13.3. The molecule has 0 aliphatic carbocycles. The second kappa shape index (κ2) is 11.2. The first kappa shape index (κ1) is 24.0. The molecule has 1 N–H and O–H groups in total. The van der Waals surface area contributed by atoms with Crippen LogP contribution in [-0.4, -0.2) is 11.4 Å². The van der Waals surface area contributed by atoms with Gasteiger partial charge in [0.15, 0.2) is 0 Å². The first-order valence-corrected chi connectivity index (χ1v) is 11.3. The summed E-state index contributed by atoms with van der Waals surface area (Å²) in [5, 5.41) is 3.52. The van der Waals surface area contributed by atoms with E-state index in [1.165, 1.54) is 24.1 Å². The van der Waals surface area contributed by atoms with Crippen molar-refractivity contribution in [2.75, 3.05) is 6.54 Å². The lowest BCUT2D eigenvalue weighted by Gasteiger charge is -2.33. The van der Waals surface area contributed by atoms with Crippen molar-refractivity contribution in [1.82, 2.24) is 10.2 Å². The number of hydrogen-bond acceptors (Lipinski definition) is 2. The van der Waals surface area contributed by atoms with Gasteiger partial charge in [0.25, 0.3) is 0 Å². The Morgan fingerprint density at radius 1 is 1.23 bits per heavy atom. The summed E-state index contributed by atoms with van der Waals surface area (Å²) in [5.41, 5.74) is 5.29. The van der Waals surface area contributed by atoms with Crippen molar-refractivity contribution in [2.45, 2.75) is 65.8 Å². The predicted molar refractivity (Wildman–Crippen MR) is 127 cm³/mol. The fraction of sp³-hybridized carbons (Fsp3) is 0.481. The minimum absolute atomic E-state index is 0.0494. The monoisotopic (exact) mass is 410 g/mol. The van der Waals surface area contributed by atoms with E-state index in [4.69, 9.17) is 0 Å². The number of hydrogen-bond donors (Lipinski definition) is 1. The van der Waals surface area contributed by atoms with Crippen LogP contribution in [0, 0.1) is 17.7 Å². The molecule has 2 rings (SSSR count). The Morgan fingerprint density at radius 2 is 1.90 bits per heavy atom. The Balaban J connectivity index is 2.22. The number of likely N-dealkylation sites (tertiary alicyclic amines) is 1. The van der Waals surface area contributed by atoms with Crippen LogP contribution in [-0.2, 0) is 0 Å². The zero-order valence-corrected chi connectivity index (χ0v) is 19.3. The topological polar surface area (TPSA) is 15.3 Å². The van der Waals surface area contributed by atoms with Gasteiger partial charge in [-0.3, -0.25) is 0 Å². The molecule has 1 aromatic carbocycles. The van der Waals surface area contributed by atoms with Gasteiger partial charge in [0, 0.05) is 30.2 Å². The van der Waals surface area contributed by atoms with Crippen LogP contribution < -0.4 is 5.32 Å². The van der Waals surface area contributed by atoms with Crippen LogP contribution in [0.15, 0.2) is 72.7 Å². The molecule has 1 heterocycles. The SMILES string of the molecule is C=C1CC(C)CC(C)CN(/C=C(\CCCC)C(=C)NC(C)c2ccc(F)cc2)C1=C. The van der Waals surface area contributed by atoms with Gasteiger partial charge in [0.2, 0.25) is 0 Å². The van der Waals surface area contributed by atoms with Crippen molar-refractivity contribution in [1.29, 1.82) is 0 Å². The Hall–Kier alpha value is -2.29. The molecule has 164 valence electrons. The fourth-order valence-corrected chi connectivity index (χ4v) is 4.20. The molecule has 0 amide bonds. The summed E-state index contributed by atoms with van der Waals surface area (Å²) in [6.07, 6.45) is 7.60. The van der Waals surface area contributed by atoms with E-state index in [1.54, 1.807) is 0 Å². The number of rotatable bonds is 8. The second-order valence-electron chi connectivity index (χ2n) is 9.01. The normalized spacial score (nSPS) is 21.8. The van der Waals surface area contributed by atoms with Crippen molar-refractivity contribution in [3.63, 3.8) is 0 Å². The number of halogens is 1. The summed E-state index contributed by atoms with van der Waals surface area (Å²) >= 11 is 0. The molecule has 1 fully saturated rings. The van der Waals surface area contributed by atoms with Gasteiger partial charge in [0.1, 0.15) is 5.82 Å². The van der Waals surface area contributed by atoms with Crippen molar-refractivity contribution in [2.24, 2.45) is 11.8 Å². The molecular weight excluding hydrogens is 371 g/mol. The predicted octanol–water partition coefficient (Wildman–Crippen LogP) is 7.50. The minimum Gasteiger partial charge on any atom is -0.379 e. The summed E-state index contributed by atoms with van der Waals surface area (Å²) in [6.45, 7) is 22.8. The molecule has 0 bridgehead atoms. The Bertz CT molecular complexity index is 775. The van der Waals surface area contributed by atoms with E-state index in [1.807, 2.05) is 12.1 Å². The zero-order chi connectivity index (χ0) is 22.3. The molecule has 0 aromatic heterocycles. The van der Waals surface area contributed by atoms with E-state index in [2.05, 4.69) is 63.8 Å². The molecule has 0 radical (unpaired) electrons. The highest BCUT2D eigenvalue weighted by atomic mass is 19.1. The summed E-state index contributed by atoms with van der Waals surface area (Å²) in [7, 11) is 0. The summed E-state index contributed by atoms with van der Waals surface area (Å²) in [6, 6.07) is 6.70. The first-order valence-electron chi connectivity index (χ1n) is 11.3. The number of nitrogens with zero attached hydrogens (tertiary/aromatic N) is 1. The Morgan fingerprint density at radius 3 is 2.53 bits per heavy atom. The number of allylic oxidation sites excluding steroid dienone is 2. The van der Waals surface area contributed by atoms with Crippen LogP contribution in [0.25, 0.3) is 0 Å². The van der Waals surface area contributed by atoms with Gasteiger partial charge in [-0.2, -0.15) is 0 Å². The molecule has 3 unspecified atom stereocenters. The second-order valence-corrected chi connectivity index (χ2v) is 9.01. The van der Waals surface area contributed by atoms with Gasteiger partial charge in [0.05, 0.1) is 0 Å². The van der Waals surface area contributed by atoms with E-state index in [0.29, 0.717) is 11.8 Å². The molecule has 1 aromatic rings. The minimum atomic E-state index is -0.215. The number of nitrogens with one attached hydrogen (secondary N) is 1. The lowest BCUT2D eigenvalue weighted by molar-refractivity contribution is 0.306. The van der Waals surface area contributed by atoms with Crippen molar-refractivity contribution < 1.29 is 4.39 Å². The highest BCUT2D eigenvalue weighted by Crippen LogP contribution is 2.30. The van der Waals surface area contributed by atoms with Crippen molar-refractivity contribution in [3.05, 3.63) is 84.1 Å². The quantitative estimate of drug-likeness (QED) is 0.446. The van der Waals surface area contributed by atoms with Gasteiger partial charge in [-0.25, -0.2) is 4.39 Å². The largest absolute Gasteiger partial charge is 0.379 e. The summed E-state index contributed by atoms with van der Waals surface area (Å²) in [5.74, 6) is 1.02. The van der Waals surface area contributed by atoms with Crippen molar-refractivity contribution >= 4 is 0 Å². The molecule has 1 saturated heterocycles. The molecule has 0 saturated carbocycles. The average molecular weight is 411 g/mol. The van der Waals surface area contributed by atoms with Crippen LogP contribution in [0.2, 0.25) is 0 Å². The van der Waals surface area contributed by atoms with Crippen LogP contribution in [0.3, 0.4) is 0 Å². The highest BCUT2D eigenvalue weighted by Gasteiger charge is 2.21. The van der Waals surface area contributed by atoms with Gasteiger partial charge in [-0.05, 0) is 73.3 Å². The van der Waals surface area contributed by atoms with Gasteiger partial charge in [-0.15, -0.1) is 0 Å². The van der Waals surface area contributed by atoms with Crippen LogP contribution in [0.1, 0.15) is 71.4 Å². The first-order chi connectivity index (χ1) is 14.2. The van der Waals surface area contributed by atoms with E-state index in [-0.39, 0.29) is 11.9 Å². The van der Waals surface area contributed by atoms with Crippen LogP contribution in [0.4, 0.5) is 4.39 Å². The Labute approximate surface area is 183 Å². The molecule has 2 nitrogen and oxygen atoms in total. The standard InChI is InChI=1S/C27H39FN2/c1-8-9-10-26(23(6)29-22(5)25-11-13-27(28)14-12-25)18-30-17-20(3)15-19(2)16-21(4)24(30)7/h11-14,18-20,22,29H,4,6-10,15-17H2,1-3,5H3/b26-18+. The zero-order valence-electron chi connectivity index (χ0n) is 19.3. The molecule has 3 heteroatoms. The third-order valence-electron chi connectivity index (χ3n) is 5.92. The molecule has 1 aliphatic rings. The van der Waals surface area contributed by atoms with Gasteiger partial charge >= 0.3 is 0 Å². The maximum absolute atomic E-state index is 13.3. The van der Waals surface area contributed by atoms with Crippen molar-refractivity contribution in [3.8, 4) is 0 Å². The molecule has 30 heavy (non-hydrogen) atoms. The van der Waals surface area contributed by atoms with E-state index in [9.17, 15) is 4.39 Å². The lowest BCUT2D eigenvalue weighted by Crippen LogP contribution is -2.29. The van der Waals surface area contributed by atoms with Crippen LogP contribution >= 0.6 is 0 Å². The van der Waals surface area contributed by atoms with E-state index >= 15 is 0 Å². The Kier molecular flexibility index (Phi) is 8.95. The maximum atomic E-state index is 13.3. The number of benzene rings is 1. The molecule has 3 atom stereocenters. The molecule has 1 aliphatic heterocycles. The van der Waals surface area contributed by atoms with Gasteiger partial charge in [-0.1, -0.05) is 59.1 Å². The fourth-order valence-electron chi connectivity index (χ4n) is 4.20. The van der Waals surface area contributed by atoms with Crippen LogP contribution in [0.5, 0.6) is 0 Å². The number of unbranched alkanes of at least 4 members (excludes halogenated alkanes) is 1. The molecular formula is C27H39FN2. The van der Waals surface area contributed by atoms with E-state index in [0.717, 1.165) is 54.8 Å². The van der Waals surface area contributed by atoms with Gasteiger partial charge < -0.3 is 10.2 Å². The average Bonchev–Trinajstić information content (AvgIpc) is 2.69. The lowest BCUT2D eigenvalue weighted by atomic mass is 9.88. The smallest absolute Gasteiger partial charge is 0.123 e.